The number of urea groups is 1. The maximum atomic E-state index is 12.1. The van der Waals surface area contributed by atoms with Crippen molar-refractivity contribution >= 4 is 6.03 Å². The zero-order valence-electron chi connectivity index (χ0n) is 13.4. The van der Waals surface area contributed by atoms with Crippen LogP contribution < -0.4 is 10.1 Å². The molecule has 1 saturated heterocycles. The number of carbonyl (C=O) groups excluding carboxylic acids is 1. The molecule has 6 heteroatoms. The number of amides is 2. The molecule has 6 nitrogen and oxygen atoms in total. The van der Waals surface area contributed by atoms with E-state index >= 15 is 0 Å². The third kappa shape index (κ3) is 5.46. The van der Waals surface area contributed by atoms with Crippen LogP contribution in [-0.2, 0) is 0 Å². The second kappa shape index (κ2) is 7.84. The molecule has 0 spiro atoms. The molecule has 2 N–H and O–H groups in total. The lowest BCUT2D eigenvalue weighted by atomic mass is 9.98. The Labute approximate surface area is 136 Å². The maximum absolute atomic E-state index is 12.1. The van der Waals surface area contributed by atoms with Gasteiger partial charge in [-0.3, -0.25) is 0 Å². The highest BCUT2D eigenvalue weighted by Gasteiger charge is 2.26. The summed E-state index contributed by atoms with van der Waals surface area (Å²) in [6.45, 7) is 3.82. The number of rotatable bonds is 4. The number of carbonyl (C=O) groups is 1. The number of ether oxygens (including phenoxy) is 1. The van der Waals surface area contributed by atoms with E-state index in [1.165, 1.54) is 0 Å². The number of likely N-dealkylation sites (tertiary alicyclic amines) is 1. The number of nitrogens with one attached hydrogen (secondary N) is 1. The van der Waals surface area contributed by atoms with Crippen molar-refractivity contribution in [2.24, 2.45) is 0 Å². The van der Waals surface area contributed by atoms with Crippen LogP contribution >= 0.6 is 0 Å². The molecule has 0 bridgehead atoms. The standard InChI is InChI=1S/C17H23N3O3/c1-17(22)7-2-10-20(11-8-17)16(21)19-9-12-23-15-5-3-14(13-18)4-6-15/h3-6,22H,2,7-12H2,1H3,(H,19,21)/t17-/m1/s1. The molecule has 1 fully saturated rings. The van der Waals surface area contributed by atoms with Gasteiger partial charge in [0, 0.05) is 13.1 Å². The Balaban J connectivity index is 1.69. The average Bonchev–Trinajstić information content (AvgIpc) is 2.72. The normalized spacial score (nSPS) is 21.2. The van der Waals surface area contributed by atoms with Gasteiger partial charge >= 0.3 is 6.03 Å². The Hall–Kier alpha value is -2.26. The highest BCUT2D eigenvalue weighted by atomic mass is 16.5. The summed E-state index contributed by atoms with van der Waals surface area (Å²) < 4.78 is 5.52. The van der Waals surface area contributed by atoms with Crippen molar-refractivity contribution in [3.8, 4) is 11.8 Å². The minimum Gasteiger partial charge on any atom is -0.492 e. The van der Waals surface area contributed by atoms with E-state index in [1.54, 1.807) is 29.2 Å². The molecule has 23 heavy (non-hydrogen) atoms. The molecule has 0 saturated carbocycles. The Morgan fingerprint density at radius 1 is 1.39 bits per heavy atom. The SMILES string of the molecule is C[C@@]1(O)CCCN(C(=O)NCCOc2ccc(C#N)cc2)CC1. The summed E-state index contributed by atoms with van der Waals surface area (Å²) in [4.78, 5) is 13.8. The van der Waals surface area contributed by atoms with Gasteiger partial charge in [0.2, 0.25) is 0 Å². The van der Waals surface area contributed by atoms with Crippen molar-refractivity contribution in [2.75, 3.05) is 26.2 Å². The van der Waals surface area contributed by atoms with Crippen LogP contribution in [0.25, 0.3) is 0 Å². The molecule has 1 aromatic carbocycles. The van der Waals surface area contributed by atoms with Crippen LogP contribution in [0, 0.1) is 11.3 Å². The summed E-state index contributed by atoms with van der Waals surface area (Å²) in [5.41, 5.74) is -0.0871. The lowest BCUT2D eigenvalue weighted by Crippen LogP contribution is -2.42. The quantitative estimate of drug-likeness (QED) is 0.830. The van der Waals surface area contributed by atoms with Gasteiger partial charge in [-0.05, 0) is 50.5 Å². The third-order valence-corrected chi connectivity index (χ3v) is 3.98. The van der Waals surface area contributed by atoms with Gasteiger partial charge in [0.15, 0.2) is 0 Å². The van der Waals surface area contributed by atoms with Gasteiger partial charge in [0.25, 0.3) is 0 Å². The fraction of sp³-hybridized carbons (Fsp3) is 0.529. The second-order valence-electron chi connectivity index (χ2n) is 6.05. The lowest BCUT2D eigenvalue weighted by molar-refractivity contribution is 0.0456. The van der Waals surface area contributed by atoms with Crippen LogP contribution in [-0.4, -0.2) is 47.9 Å². The predicted molar refractivity (Wildman–Crippen MR) is 86.1 cm³/mol. The van der Waals surface area contributed by atoms with Gasteiger partial charge in [-0.2, -0.15) is 5.26 Å². The van der Waals surface area contributed by atoms with Gasteiger partial charge in [-0.25, -0.2) is 4.79 Å². The zero-order valence-corrected chi connectivity index (χ0v) is 13.4. The van der Waals surface area contributed by atoms with Crippen LogP contribution in [0.2, 0.25) is 0 Å². The van der Waals surface area contributed by atoms with Gasteiger partial charge in [0.1, 0.15) is 12.4 Å². The fourth-order valence-corrected chi connectivity index (χ4v) is 2.53. The first-order valence-corrected chi connectivity index (χ1v) is 7.88. The van der Waals surface area contributed by atoms with Gasteiger partial charge in [0.05, 0.1) is 23.8 Å². The monoisotopic (exact) mass is 317 g/mol. The van der Waals surface area contributed by atoms with Crippen LogP contribution in [0.15, 0.2) is 24.3 Å². The molecule has 0 aliphatic carbocycles. The van der Waals surface area contributed by atoms with Crippen LogP contribution in [0.5, 0.6) is 5.75 Å². The maximum Gasteiger partial charge on any atom is 0.317 e. The molecule has 1 aliphatic heterocycles. The molecule has 2 rings (SSSR count). The molecule has 1 atom stereocenters. The third-order valence-electron chi connectivity index (χ3n) is 3.98. The fourth-order valence-electron chi connectivity index (χ4n) is 2.53. The van der Waals surface area contributed by atoms with E-state index in [9.17, 15) is 9.90 Å². The molecule has 124 valence electrons. The van der Waals surface area contributed by atoms with Gasteiger partial charge in [-0.1, -0.05) is 0 Å². The Bertz CT molecular complexity index is 563. The van der Waals surface area contributed by atoms with Crippen molar-refractivity contribution < 1.29 is 14.6 Å². The average molecular weight is 317 g/mol. The summed E-state index contributed by atoms with van der Waals surface area (Å²) in [5.74, 6) is 0.670. The Morgan fingerprint density at radius 3 is 2.83 bits per heavy atom. The second-order valence-corrected chi connectivity index (χ2v) is 6.05. The molecular formula is C17H23N3O3. The molecule has 0 radical (unpaired) electrons. The van der Waals surface area contributed by atoms with Gasteiger partial charge in [-0.15, -0.1) is 0 Å². The van der Waals surface area contributed by atoms with E-state index in [1.807, 2.05) is 13.0 Å². The number of nitriles is 1. The van der Waals surface area contributed by atoms with Crippen molar-refractivity contribution in [3.05, 3.63) is 29.8 Å². The van der Waals surface area contributed by atoms with Crippen LogP contribution in [0.1, 0.15) is 31.7 Å². The minimum atomic E-state index is -0.673. The first kappa shape index (κ1) is 17.1. The first-order chi connectivity index (χ1) is 11.0. The van der Waals surface area contributed by atoms with E-state index in [-0.39, 0.29) is 6.03 Å². The molecule has 0 unspecified atom stereocenters. The molecule has 0 aromatic heterocycles. The van der Waals surface area contributed by atoms with E-state index in [4.69, 9.17) is 10.00 Å². The van der Waals surface area contributed by atoms with Crippen LogP contribution in [0.4, 0.5) is 4.79 Å². The summed E-state index contributed by atoms with van der Waals surface area (Å²) in [6, 6.07) is 8.78. The van der Waals surface area contributed by atoms with Crippen molar-refractivity contribution in [1.82, 2.24) is 10.2 Å². The minimum absolute atomic E-state index is 0.119. The largest absolute Gasteiger partial charge is 0.492 e. The number of aliphatic hydroxyl groups is 1. The Kier molecular flexibility index (Phi) is 5.83. The molecule has 1 heterocycles. The summed E-state index contributed by atoms with van der Waals surface area (Å²) in [7, 11) is 0. The lowest BCUT2D eigenvalue weighted by Gasteiger charge is -2.22. The molecule has 1 aliphatic rings. The number of hydrogen-bond acceptors (Lipinski definition) is 4. The molecule has 2 amide bonds. The van der Waals surface area contributed by atoms with E-state index in [0.29, 0.717) is 44.0 Å². The summed E-state index contributed by atoms with van der Waals surface area (Å²) in [5, 5.41) is 21.6. The summed E-state index contributed by atoms with van der Waals surface area (Å²) in [6.07, 6.45) is 2.13. The topological polar surface area (TPSA) is 85.6 Å². The van der Waals surface area contributed by atoms with Crippen molar-refractivity contribution in [2.45, 2.75) is 31.8 Å². The molecule has 1 aromatic rings. The molecular weight excluding hydrogens is 294 g/mol. The van der Waals surface area contributed by atoms with E-state index in [0.717, 1.165) is 12.8 Å². The highest BCUT2D eigenvalue weighted by molar-refractivity contribution is 5.74. The number of hydrogen-bond donors (Lipinski definition) is 2. The van der Waals surface area contributed by atoms with Gasteiger partial charge < -0.3 is 20.1 Å². The first-order valence-electron chi connectivity index (χ1n) is 7.88. The summed E-state index contributed by atoms with van der Waals surface area (Å²) >= 11 is 0. The van der Waals surface area contributed by atoms with E-state index in [2.05, 4.69) is 5.32 Å². The smallest absolute Gasteiger partial charge is 0.317 e. The predicted octanol–water partition coefficient (Wildman–Crippen LogP) is 1.88. The zero-order chi connectivity index (χ0) is 16.7. The number of nitrogens with zero attached hydrogens (tertiary/aromatic N) is 2. The van der Waals surface area contributed by atoms with E-state index < -0.39 is 5.60 Å². The highest BCUT2D eigenvalue weighted by Crippen LogP contribution is 2.21. The Morgan fingerprint density at radius 2 is 2.13 bits per heavy atom. The van der Waals surface area contributed by atoms with Crippen molar-refractivity contribution in [3.63, 3.8) is 0 Å². The van der Waals surface area contributed by atoms with Crippen LogP contribution in [0.3, 0.4) is 0 Å². The number of benzene rings is 1. The van der Waals surface area contributed by atoms with Crippen molar-refractivity contribution in [1.29, 1.82) is 5.26 Å².